The smallest absolute Gasteiger partial charge is 0.191 e. The number of hydrogen-bond donors (Lipinski definition) is 2. The molecule has 0 aliphatic carbocycles. The Hall–Kier alpha value is -2.68. The standard InChI is InChI=1S/C22H23FN4O.HI/c1-24-22(26-14-17-5-9-19(23)10-6-17)27-15-18-7-11-21(12-8-18)28-16-20-4-2-3-13-25-20;/h2-13H,14-16H2,1H3,(H2,24,26,27);1H. The molecule has 3 rings (SSSR count). The lowest BCUT2D eigenvalue weighted by Crippen LogP contribution is -2.36. The monoisotopic (exact) mass is 506 g/mol. The number of guanidine groups is 1. The zero-order chi connectivity index (χ0) is 19.6. The molecule has 1 aromatic heterocycles. The fourth-order valence-corrected chi connectivity index (χ4v) is 2.54. The fraction of sp³-hybridized carbons (Fsp3) is 0.182. The Morgan fingerprint density at radius 2 is 1.55 bits per heavy atom. The summed E-state index contributed by atoms with van der Waals surface area (Å²) in [4.78, 5) is 8.44. The van der Waals surface area contributed by atoms with Gasteiger partial charge in [-0.05, 0) is 47.5 Å². The molecule has 0 atom stereocenters. The van der Waals surface area contributed by atoms with Crippen LogP contribution < -0.4 is 15.4 Å². The van der Waals surface area contributed by atoms with Gasteiger partial charge >= 0.3 is 0 Å². The van der Waals surface area contributed by atoms with E-state index in [2.05, 4.69) is 20.6 Å². The number of rotatable bonds is 7. The maximum Gasteiger partial charge on any atom is 0.191 e. The van der Waals surface area contributed by atoms with Crippen LogP contribution in [0.4, 0.5) is 4.39 Å². The summed E-state index contributed by atoms with van der Waals surface area (Å²) in [6.07, 6.45) is 1.75. The second-order valence-electron chi connectivity index (χ2n) is 6.16. The lowest BCUT2D eigenvalue weighted by atomic mass is 10.2. The van der Waals surface area contributed by atoms with E-state index in [1.807, 2.05) is 42.5 Å². The summed E-state index contributed by atoms with van der Waals surface area (Å²) in [5.41, 5.74) is 2.98. The molecular formula is C22H24FIN4O. The fourth-order valence-electron chi connectivity index (χ4n) is 2.54. The predicted octanol–water partition coefficient (Wildman–Crippen LogP) is 4.28. The second-order valence-corrected chi connectivity index (χ2v) is 6.16. The Balaban J connectivity index is 0.00000300. The van der Waals surface area contributed by atoms with Crippen molar-refractivity contribution in [2.45, 2.75) is 19.7 Å². The summed E-state index contributed by atoms with van der Waals surface area (Å²) in [6.45, 7) is 1.64. The minimum atomic E-state index is -0.237. The third kappa shape index (κ3) is 7.69. The lowest BCUT2D eigenvalue weighted by Gasteiger charge is -2.12. The number of pyridine rings is 1. The van der Waals surface area contributed by atoms with Gasteiger partial charge in [0.2, 0.25) is 0 Å². The van der Waals surface area contributed by atoms with Gasteiger partial charge in [0.05, 0.1) is 5.69 Å². The Kier molecular flexibility index (Phi) is 9.36. The molecule has 152 valence electrons. The molecule has 2 aromatic carbocycles. The highest BCUT2D eigenvalue weighted by molar-refractivity contribution is 14.0. The van der Waals surface area contributed by atoms with Crippen molar-refractivity contribution in [1.82, 2.24) is 15.6 Å². The van der Waals surface area contributed by atoms with Crippen molar-refractivity contribution in [2.75, 3.05) is 7.05 Å². The third-order valence-electron chi connectivity index (χ3n) is 4.09. The van der Waals surface area contributed by atoms with E-state index in [1.54, 1.807) is 25.4 Å². The molecule has 0 spiro atoms. The molecule has 5 nitrogen and oxygen atoms in total. The summed E-state index contributed by atoms with van der Waals surface area (Å²) in [7, 11) is 1.72. The van der Waals surface area contributed by atoms with Gasteiger partial charge in [-0.15, -0.1) is 24.0 Å². The van der Waals surface area contributed by atoms with Gasteiger partial charge in [0.1, 0.15) is 18.2 Å². The van der Waals surface area contributed by atoms with Crippen LogP contribution in [0.1, 0.15) is 16.8 Å². The first-order valence-corrected chi connectivity index (χ1v) is 9.03. The SMILES string of the molecule is CN=C(NCc1ccc(F)cc1)NCc1ccc(OCc2ccccn2)cc1.I. The van der Waals surface area contributed by atoms with Gasteiger partial charge in [0.25, 0.3) is 0 Å². The summed E-state index contributed by atoms with van der Waals surface area (Å²) in [6, 6.07) is 20.0. The number of aromatic nitrogens is 1. The highest BCUT2D eigenvalue weighted by Gasteiger charge is 2.01. The molecule has 0 unspecified atom stereocenters. The lowest BCUT2D eigenvalue weighted by molar-refractivity contribution is 0.301. The van der Waals surface area contributed by atoms with Crippen LogP contribution in [0.2, 0.25) is 0 Å². The highest BCUT2D eigenvalue weighted by atomic mass is 127. The van der Waals surface area contributed by atoms with E-state index in [4.69, 9.17) is 4.74 Å². The molecule has 0 radical (unpaired) electrons. The second kappa shape index (κ2) is 12.0. The largest absolute Gasteiger partial charge is 0.487 e. The quantitative estimate of drug-likeness (QED) is 0.286. The van der Waals surface area contributed by atoms with Crippen molar-refractivity contribution in [1.29, 1.82) is 0 Å². The summed E-state index contributed by atoms with van der Waals surface area (Å²) in [5, 5.41) is 6.47. The van der Waals surface area contributed by atoms with E-state index in [0.29, 0.717) is 25.7 Å². The number of nitrogens with one attached hydrogen (secondary N) is 2. The van der Waals surface area contributed by atoms with Crippen molar-refractivity contribution < 1.29 is 9.13 Å². The van der Waals surface area contributed by atoms with Crippen LogP contribution in [0.15, 0.2) is 77.9 Å². The van der Waals surface area contributed by atoms with Gasteiger partial charge in [-0.2, -0.15) is 0 Å². The number of aliphatic imine (C=N–C) groups is 1. The van der Waals surface area contributed by atoms with Crippen molar-refractivity contribution >= 4 is 29.9 Å². The molecule has 3 aromatic rings. The Morgan fingerprint density at radius 3 is 2.10 bits per heavy atom. The van der Waals surface area contributed by atoms with Crippen molar-refractivity contribution in [2.24, 2.45) is 4.99 Å². The van der Waals surface area contributed by atoms with E-state index in [0.717, 1.165) is 22.6 Å². The first-order chi connectivity index (χ1) is 13.7. The van der Waals surface area contributed by atoms with Gasteiger partial charge in [-0.3, -0.25) is 9.98 Å². The number of halogens is 2. The number of benzene rings is 2. The Bertz CT molecular complexity index is 887. The van der Waals surface area contributed by atoms with Gasteiger partial charge < -0.3 is 15.4 Å². The maximum atomic E-state index is 13.0. The molecule has 0 aliphatic rings. The van der Waals surface area contributed by atoms with E-state index >= 15 is 0 Å². The molecule has 29 heavy (non-hydrogen) atoms. The van der Waals surface area contributed by atoms with Gasteiger partial charge in [0.15, 0.2) is 5.96 Å². The summed E-state index contributed by atoms with van der Waals surface area (Å²) in [5.74, 6) is 1.24. The minimum Gasteiger partial charge on any atom is -0.487 e. The van der Waals surface area contributed by atoms with Crippen molar-refractivity contribution in [3.8, 4) is 5.75 Å². The summed E-state index contributed by atoms with van der Waals surface area (Å²) < 4.78 is 18.7. The predicted molar refractivity (Wildman–Crippen MR) is 124 cm³/mol. The first kappa shape index (κ1) is 22.6. The van der Waals surface area contributed by atoms with Crippen LogP contribution >= 0.6 is 24.0 Å². The minimum absolute atomic E-state index is 0. The highest BCUT2D eigenvalue weighted by Crippen LogP contribution is 2.13. The van der Waals surface area contributed by atoms with E-state index in [-0.39, 0.29) is 29.8 Å². The van der Waals surface area contributed by atoms with Crippen LogP contribution in [0.3, 0.4) is 0 Å². The van der Waals surface area contributed by atoms with E-state index < -0.39 is 0 Å². The molecular weight excluding hydrogens is 482 g/mol. The van der Waals surface area contributed by atoms with Crippen LogP contribution in [-0.4, -0.2) is 18.0 Å². The van der Waals surface area contributed by atoms with Gasteiger partial charge in [-0.25, -0.2) is 4.39 Å². The Morgan fingerprint density at radius 1 is 0.931 bits per heavy atom. The maximum absolute atomic E-state index is 13.0. The normalized spacial score (nSPS) is 10.8. The third-order valence-corrected chi connectivity index (χ3v) is 4.09. The molecule has 1 heterocycles. The topological polar surface area (TPSA) is 58.5 Å². The molecule has 0 bridgehead atoms. The Labute approximate surface area is 187 Å². The molecule has 0 fully saturated rings. The van der Waals surface area contributed by atoms with Crippen molar-refractivity contribution in [3.63, 3.8) is 0 Å². The van der Waals surface area contributed by atoms with Crippen LogP contribution in [0.5, 0.6) is 5.75 Å². The average molecular weight is 506 g/mol. The zero-order valence-electron chi connectivity index (χ0n) is 16.1. The summed E-state index contributed by atoms with van der Waals surface area (Å²) >= 11 is 0. The van der Waals surface area contributed by atoms with E-state index in [9.17, 15) is 4.39 Å². The number of ether oxygens (including phenoxy) is 1. The number of nitrogens with zero attached hydrogens (tertiary/aromatic N) is 2. The number of hydrogen-bond acceptors (Lipinski definition) is 3. The molecule has 7 heteroatoms. The van der Waals surface area contributed by atoms with E-state index in [1.165, 1.54) is 12.1 Å². The first-order valence-electron chi connectivity index (χ1n) is 9.03. The molecule has 2 N–H and O–H groups in total. The van der Waals surface area contributed by atoms with Crippen molar-refractivity contribution in [3.05, 3.63) is 95.6 Å². The molecule has 0 saturated carbocycles. The zero-order valence-corrected chi connectivity index (χ0v) is 18.5. The molecule has 0 amide bonds. The van der Waals surface area contributed by atoms with Crippen LogP contribution in [-0.2, 0) is 19.7 Å². The molecule has 0 aliphatic heterocycles. The van der Waals surface area contributed by atoms with Crippen LogP contribution in [0, 0.1) is 5.82 Å². The average Bonchev–Trinajstić information content (AvgIpc) is 2.75. The van der Waals surface area contributed by atoms with Gasteiger partial charge in [-0.1, -0.05) is 30.3 Å². The molecule has 0 saturated heterocycles. The van der Waals surface area contributed by atoms with Crippen LogP contribution in [0.25, 0.3) is 0 Å². The van der Waals surface area contributed by atoms with Gasteiger partial charge in [0, 0.05) is 26.3 Å².